The topological polar surface area (TPSA) is 43.4 Å². The molecule has 0 amide bonds. The number of benzene rings is 2. The van der Waals surface area contributed by atoms with Crippen LogP contribution in [0.3, 0.4) is 0 Å². The molecule has 108 valence electrons. The molecule has 0 saturated carbocycles. The van der Waals surface area contributed by atoms with Gasteiger partial charge in [-0.05, 0) is 24.3 Å². The summed E-state index contributed by atoms with van der Waals surface area (Å²) in [6.07, 6.45) is 0. The average Bonchev–Trinajstić information content (AvgIpc) is 2.89. The first kappa shape index (κ1) is 13.6. The number of nitrogens with zero attached hydrogens (tertiary/aromatic N) is 1. The molecule has 1 aromatic heterocycles. The van der Waals surface area contributed by atoms with Gasteiger partial charge in [-0.15, -0.1) is 0 Å². The Morgan fingerprint density at radius 3 is 2.38 bits per heavy atom. The van der Waals surface area contributed by atoms with Gasteiger partial charge >= 0.3 is 0 Å². The number of fused-ring (bicyclic) bond motifs is 1. The van der Waals surface area contributed by atoms with E-state index in [1.807, 2.05) is 12.1 Å². The molecule has 0 atom stereocenters. The maximum Gasteiger partial charge on any atom is 0.188 e. The van der Waals surface area contributed by atoms with Crippen molar-refractivity contribution in [2.24, 2.45) is 0 Å². The van der Waals surface area contributed by atoms with Gasteiger partial charge < -0.3 is 14.8 Å². The van der Waals surface area contributed by atoms with Crippen molar-refractivity contribution in [3.05, 3.63) is 42.2 Å². The minimum Gasteiger partial charge on any atom is -0.493 e. The van der Waals surface area contributed by atoms with Crippen LogP contribution in [-0.2, 0) is 0 Å². The predicted octanol–water partition coefficient (Wildman–Crippen LogP) is 4.20. The maximum absolute atomic E-state index is 12.9. The fourth-order valence-corrected chi connectivity index (χ4v) is 2.86. The van der Waals surface area contributed by atoms with Gasteiger partial charge in [0.2, 0.25) is 0 Å². The third-order valence-corrected chi connectivity index (χ3v) is 3.92. The van der Waals surface area contributed by atoms with Crippen molar-refractivity contribution in [2.75, 3.05) is 19.5 Å². The van der Waals surface area contributed by atoms with E-state index in [1.54, 1.807) is 26.4 Å². The average molecular weight is 304 g/mol. The standard InChI is InChI=1S/C15H13FN2O2S/c1-19-12-7-11-14(8-13(12)20-2)21-15(18-11)17-10-5-3-9(16)4-6-10/h3-8H,1-2H3,(H,17,18). The molecule has 3 rings (SSSR count). The number of rotatable bonds is 4. The highest BCUT2D eigenvalue weighted by atomic mass is 32.1. The Labute approximate surface area is 125 Å². The molecule has 0 spiro atoms. The molecule has 0 bridgehead atoms. The molecule has 0 saturated heterocycles. The Morgan fingerprint density at radius 2 is 1.71 bits per heavy atom. The summed E-state index contributed by atoms with van der Waals surface area (Å²) < 4.78 is 24.4. The summed E-state index contributed by atoms with van der Waals surface area (Å²) in [5.74, 6) is 1.05. The van der Waals surface area contributed by atoms with Crippen LogP contribution in [0.15, 0.2) is 36.4 Å². The quantitative estimate of drug-likeness (QED) is 0.784. The monoisotopic (exact) mass is 304 g/mol. The third kappa shape index (κ3) is 2.75. The molecule has 6 heteroatoms. The van der Waals surface area contributed by atoms with Crippen LogP contribution in [0.5, 0.6) is 11.5 Å². The van der Waals surface area contributed by atoms with Gasteiger partial charge in [0.05, 0.1) is 24.4 Å². The van der Waals surface area contributed by atoms with Gasteiger partial charge in [0.25, 0.3) is 0 Å². The first-order chi connectivity index (χ1) is 10.2. The SMILES string of the molecule is COc1cc2nc(Nc3ccc(F)cc3)sc2cc1OC. The Kier molecular flexibility index (Phi) is 3.62. The number of aromatic nitrogens is 1. The number of halogens is 1. The molecule has 0 radical (unpaired) electrons. The van der Waals surface area contributed by atoms with Crippen LogP contribution in [-0.4, -0.2) is 19.2 Å². The normalized spacial score (nSPS) is 10.6. The minimum atomic E-state index is -0.265. The van der Waals surface area contributed by atoms with Crippen molar-refractivity contribution < 1.29 is 13.9 Å². The van der Waals surface area contributed by atoms with Crippen LogP contribution >= 0.6 is 11.3 Å². The molecule has 1 heterocycles. The number of hydrogen-bond donors (Lipinski definition) is 1. The van der Waals surface area contributed by atoms with Crippen molar-refractivity contribution >= 4 is 32.4 Å². The van der Waals surface area contributed by atoms with Crippen LogP contribution in [0.4, 0.5) is 15.2 Å². The maximum atomic E-state index is 12.9. The Balaban J connectivity index is 1.95. The molecule has 0 aliphatic rings. The van der Waals surface area contributed by atoms with Crippen molar-refractivity contribution in [1.29, 1.82) is 0 Å². The first-order valence-corrected chi connectivity index (χ1v) is 7.06. The van der Waals surface area contributed by atoms with Crippen LogP contribution < -0.4 is 14.8 Å². The summed E-state index contributed by atoms with van der Waals surface area (Å²) in [5, 5.41) is 3.88. The Bertz CT molecular complexity index is 730. The van der Waals surface area contributed by atoms with Gasteiger partial charge in [0.1, 0.15) is 5.82 Å². The highest BCUT2D eigenvalue weighted by Gasteiger charge is 2.10. The molecule has 0 aliphatic carbocycles. The first-order valence-electron chi connectivity index (χ1n) is 6.25. The van der Waals surface area contributed by atoms with Crippen LogP contribution in [0.25, 0.3) is 10.2 Å². The number of ether oxygens (including phenoxy) is 2. The molecule has 0 fully saturated rings. The van der Waals surface area contributed by atoms with Gasteiger partial charge in [0.15, 0.2) is 16.6 Å². The number of methoxy groups -OCH3 is 2. The predicted molar refractivity (Wildman–Crippen MR) is 82.4 cm³/mol. The van der Waals surface area contributed by atoms with Crippen molar-refractivity contribution in [2.45, 2.75) is 0 Å². The van der Waals surface area contributed by atoms with Gasteiger partial charge in [-0.1, -0.05) is 11.3 Å². The summed E-state index contributed by atoms with van der Waals surface area (Å²) in [7, 11) is 3.19. The lowest BCUT2D eigenvalue weighted by molar-refractivity contribution is 0.356. The molecule has 4 nitrogen and oxygen atoms in total. The fourth-order valence-electron chi connectivity index (χ4n) is 1.97. The number of hydrogen-bond acceptors (Lipinski definition) is 5. The van der Waals surface area contributed by atoms with E-state index in [9.17, 15) is 4.39 Å². The van der Waals surface area contributed by atoms with Crippen molar-refractivity contribution in [1.82, 2.24) is 4.98 Å². The van der Waals surface area contributed by atoms with E-state index in [1.165, 1.54) is 23.5 Å². The second-order valence-corrected chi connectivity index (χ2v) is 5.36. The third-order valence-electron chi connectivity index (χ3n) is 2.99. The van der Waals surface area contributed by atoms with E-state index in [-0.39, 0.29) is 5.82 Å². The zero-order valence-corrected chi connectivity index (χ0v) is 12.3. The van der Waals surface area contributed by atoms with Crippen LogP contribution in [0, 0.1) is 5.82 Å². The summed E-state index contributed by atoms with van der Waals surface area (Å²) in [6, 6.07) is 9.87. The lowest BCUT2D eigenvalue weighted by Gasteiger charge is -2.05. The van der Waals surface area contributed by atoms with E-state index in [0.29, 0.717) is 11.5 Å². The molecule has 3 aromatic rings. The Hall–Kier alpha value is -2.34. The van der Waals surface area contributed by atoms with Gasteiger partial charge in [-0.3, -0.25) is 0 Å². The molecule has 21 heavy (non-hydrogen) atoms. The van der Waals surface area contributed by atoms with E-state index in [0.717, 1.165) is 21.0 Å². The highest BCUT2D eigenvalue weighted by Crippen LogP contribution is 2.36. The zero-order chi connectivity index (χ0) is 14.8. The lowest BCUT2D eigenvalue weighted by Crippen LogP contribution is -1.90. The van der Waals surface area contributed by atoms with E-state index in [4.69, 9.17) is 9.47 Å². The van der Waals surface area contributed by atoms with Crippen LogP contribution in [0.2, 0.25) is 0 Å². The lowest BCUT2D eigenvalue weighted by atomic mass is 10.3. The summed E-state index contributed by atoms with van der Waals surface area (Å²) in [5.41, 5.74) is 1.61. The molecular weight excluding hydrogens is 291 g/mol. The summed E-state index contributed by atoms with van der Waals surface area (Å²) >= 11 is 1.49. The smallest absolute Gasteiger partial charge is 0.188 e. The second-order valence-electron chi connectivity index (χ2n) is 4.33. The molecule has 2 aromatic carbocycles. The molecule has 0 unspecified atom stereocenters. The van der Waals surface area contributed by atoms with E-state index < -0.39 is 0 Å². The van der Waals surface area contributed by atoms with E-state index in [2.05, 4.69) is 10.3 Å². The van der Waals surface area contributed by atoms with Gasteiger partial charge in [0, 0.05) is 17.8 Å². The minimum absolute atomic E-state index is 0.265. The largest absolute Gasteiger partial charge is 0.493 e. The number of anilines is 2. The number of thiazole rings is 1. The molecule has 0 aliphatic heterocycles. The summed E-state index contributed by atoms with van der Waals surface area (Å²) in [6.45, 7) is 0. The highest BCUT2D eigenvalue weighted by molar-refractivity contribution is 7.22. The Morgan fingerprint density at radius 1 is 1.05 bits per heavy atom. The fraction of sp³-hybridized carbons (Fsp3) is 0.133. The number of nitrogens with one attached hydrogen (secondary N) is 1. The zero-order valence-electron chi connectivity index (χ0n) is 11.5. The summed E-state index contributed by atoms with van der Waals surface area (Å²) in [4.78, 5) is 4.49. The second kappa shape index (κ2) is 5.57. The van der Waals surface area contributed by atoms with E-state index >= 15 is 0 Å². The molecular formula is C15H13FN2O2S. The van der Waals surface area contributed by atoms with Crippen LogP contribution in [0.1, 0.15) is 0 Å². The van der Waals surface area contributed by atoms with Gasteiger partial charge in [-0.25, -0.2) is 9.37 Å². The molecule has 1 N–H and O–H groups in total. The van der Waals surface area contributed by atoms with Crippen molar-refractivity contribution in [3.63, 3.8) is 0 Å². The van der Waals surface area contributed by atoms with Crippen molar-refractivity contribution in [3.8, 4) is 11.5 Å². The van der Waals surface area contributed by atoms with Gasteiger partial charge in [-0.2, -0.15) is 0 Å².